The van der Waals surface area contributed by atoms with Crippen LogP contribution < -0.4 is 10.6 Å². The van der Waals surface area contributed by atoms with Gasteiger partial charge in [-0.05, 0) is 41.1 Å². The van der Waals surface area contributed by atoms with Crippen molar-refractivity contribution in [2.75, 3.05) is 19.6 Å². The van der Waals surface area contributed by atoms with Crippen LogP contribution in [0.1, 0.15) is 17.3 Å². The molecule has 0 saturated heterocycles. The molecule has 1 unspecified atom stereocenters. The smallest absolute Gasteiger partial charge is 0.252 e. The number of hydrogen-bond donors (Lipinski definition) is 3. The van der Waals surface area contributed by atoms with E-state index in [4.69, 9.17) is 5.11 Å². The molecule has 0 aliphatic heterocycles. The zero-order valence-electron chi connectivity index (χ0n) is 10.0. The second-order valence-corrected chi connectivity index (χ2v) is 5.70. The molecule has 0 saturated carbocycles. The molecular formula is C12H16Br2N2O2. The molecule has 0 aromatic heterocycles. The Morgan fingerprint density at radius 3 is 2.72 bits per heavy atom. The molecule has 1 atom stereocenters. The van der Waals surface area contributed by atoms with E-state index in [0.29, 0.717) is 25.2 Å². The maximum absolute atomic E-state index is 11.8. The van der Waals surface area contributed by atoms with Gasteiger partial charge in [0.25, 0.3) is 5.91 Å². The third kappa shape index (κ3) is 5.48. The Balaban J connectivity index is 2.36. The molecular weight excluding hydrogens is 364 g/mol. The molecule has 6 heteroatoms. The molecule has 0 heterocycles. The number of hydrogen-bond acceptors (Lipinski definition) is 3. The fourth-order valence-corrected chi connectivity index (χ4v) is 2.57. The lowest BCUT2D eigenvalue weighted by Gasteiger charge is -2.09. The van der Waals surface area contributed by atoms with Gasteiger partial charge in [-0.15, -0.1) is 0 Å². The Kier molecular flexibility index (Phi) is 6.85. The topological polar surface area (TPSA) is 61.4 Å². The van der Waals surface area contributed by atoms with Crippen LogP contribution in [0.25, 0.3) is 0 Å². The number of aliphatic hydroxyl groups excluding tert-OH is 1. The van der Waals surface area contributed by atoms with E-state index in [-0.39, 0.29) is 12.0 Å². The molecule has 0 spiro atoms. The SMILES string of the molecule is CC(O)CNCCNC(=O)c1ccc(Br)cc1Br. The van der Waals surface area contributed by atoms with Crippen LogP contribution in [0.5, 0.6) is 0 Å². The molecule has 1 aromatic carbocycles. The summed E-state index contributed by atoms with van der Waals surface area (Å²) in [5, 5.41) is 14.9. The van der Waals surface area contributed by atoms with Crippen LogP contribution in [0.2, 0.25) is 0 Å². The second-order valence-electron chi connectivity index (χ2n) is 3.93. The summed E-state index contributed by atoms with van der Waals surface area (Å²) in [6, 6.07) is 5.42. The number of nitrogens with one attached hydrogen (secondary N) is 2. The highest BCUT2D eigenvalue weighted by molar-refractivity contribution is 9.11. The molecule has 4 nitrogen and oxygen atoms in total. The summed E-state index contributed by atoms with van der Waals surface area (Å²) in [5.74, 6) is -0.117. The Bertz CT molecular complexity index is 411. The van der Waals surface area contributed by atoms with Crippen LogP contribution in [0.3, 0.4) is 0 Å². The van der Waals surface area contributed by atoms with Crippen molar-refractivity contribution in [2.45, 2.75) is 13.0 Å². The third-order valence-electron chi connectivity index (χ3n) is 2.20. The van der Waals surface area contributed by atoms with Gasteiger partial charge in [0.1, 0.15) is 0 Å². The highest BCUT2D eigenvalue weighted by atomic mass is 79.9. The van der Waals surface area contributed by atoms with Crippen LogP contribution in [0.4, 0.5) is 0 Å². The Morgan fingerprint density at radius 1 is 1.39 bits per heavy atom. The van der Waals surface area contributed by atoms with Crippen molar-refractivity contribution in [3.05, 3.63) is 32.7 Å². The van der Waals surface area contributed by atoms with Crippen molar-refractivity contribution in [1.82, 2.24) is 10.6 Å². The molecule has 0 aliphatic carbocycles. The Labute approximate surface area is 123 Å². The average Bonchev–Trinajstić information content (AvgIpc) is 2.27. The van der Waals surface area contributed by atoms with Crippen LogP contribution in [-0.4, -0.2) is 36.8 Å². The molecule has 3 N–H and O–H groups in total. The van der Waals surface area contributed by atoms with Gasteiger partial charge in [0.05, 0.1) is 11.7 Å². The first-order valence-electron chi connectivity index (χ1n) is 5.62. The summed E-state index contributed by atoms with van der Waals surface area (Å²) in [5.41, 5.74) is 0.605. The number of benzene rings is 1. The lowest BCUT2D eigenvalue weighted by molar-refractivity contribution is 0.0953. The van der Waals surface area contributed by atoms with Gasteiger partial charge in [-0.2, -0.15) is 0 Å². The summed E-state index contributed by atoms with van der Waals surface area (Å²) in [7, 11) is 0. The van der Waals surface area contributed by atoms with Gasteiger partial charge >= 0.3 is 0 Å². The monoisotopic (exact) mass is 378 g/mol. The molecule has 0 radical (unpaired) electrons. The number of halogens is 2. The molecule has 1 rings (SSSR count). The van der Waals surface area contributed by atoms with E-state index >= 15 is 0 Å². The van der Waals surface area contributed by atoms with Crippen LogP contribution >= 0.6 is 31.9 Å². The van der Waals surface area contributed by atoms with Crippen LogP contribution in [0, 0.1) is 0 Å². The zero-order valence-corrected chi connectivity index (χ0v) is 13.2. The van der Waals surface area contributed by atoms with Crippen molar-refractivity contribution >= 4 is 37.8 Å². The zero-order chi connectivity index (χ0) is 13.5. The van der Waals surface area contributed by atoms with E-state index < -0.39 is 0 Å². The fraction of sp³-hybridized carbons (Fsp3) is 0.417. The van der Waals surface area contributed by atoms with Gasteiger partial charge in [-0.1, -0.05) is 15.9 Å². The minimum atomic E-state index is -0.374. The largest absolute Gasteiger partial charge is 0.392 e. The summed E-state index contributed by atoms with van der Waals surface area (Å²) in [4.78, 5) is 11.8. The number of rotatable bonds is 6. The lowest BCUT2D eigenvalue weighted by atomic mass is 10.2. The van der Waals surface area contributed by atoms with E-state index in [1.54, 1.807) is 13.0 Å². The molecule has 0 bridgehead atoms. The normalized spacial score (nSPS) is 12.2. The molecule has 100 valence electrons. The number of carbonyl (C=O) groups is 1. The first kappa shape index (κ1) is 15.6. The average molecular weight is 380 g/mol. The number of amides is 1. The van der Waals surface area contributed by atoms with Crippen molar-refractivity contribution in [3.63, 3.8) is 0 Å². The van der Waals surface area contributed by atoms with Crippen molar-refractivity contribution in [1.29, 1.82) is 0 Å². The summed E-state index contributed by atoms with van der Waals surface area (Å²) in [6.45, 7) is 3.39. The standard InChI is InChI=1S/C12H16Br2N2O2/c1-8(17)7-15-4-5-16-12(18)10-3-2-9(13)6-11(10)14/h2-3,6,8,15,17H,4-5,7H2,1H3,(H,16,18). The summed E-state index contributed by atoms with van der Waals surface area (Å²) in [6.07, 6.45) is -0.374. The van der Waals surface area contributed by atoms with E-state index in [0.717, 1.165) is 8.95 Å². The van der Waals surface area contributed by atoms with E-state index in [2.05, 4.69) is 42.5 Å². The number of aliphatic hydroxyl groups is 1. The predicted octanol–water partition coefficient (Wildman–Crippen LogP) is 1.91. The maximum Gasteiger partial charge on any atom is 0.252 e. The van der Waals surface area contributed by atoms with Gasteiger partial charge in [0, 0.05) is 28.6 Å². The fourth-order valence-electron chi connectivity index (χ4n) is 1.34. The molecule has 0 aliphatic rings. The van der Waals surface area contributed by atoms with E-state index in [9.17, 15) is 4.79 Å². The predicted molar refractivity (Wildman–Crippen MR) is 78.7 cm³/mol. The van der Waals surface area contributed by atoms with Crippen molar-refractivity contribution in [2.24, 2.45) is 0 Å². The minimum absolute atomic E-state index is 0.117. The van der Waals surface area contributed by atoms with Crippen LogP contribution in [-0.2, 0) is 0 Å². The minimum Gasteiger partial charge on any atom is -0.392 e. The first-order chi connectivity index (χ1) is 8.50. The van der Waals surface area contributed by atoms with Gasteiger partial charge in [-0.3, -0.25) is 4.79 Å². The molecule has 18 heavy (non-hydrogen) atoms. The molecule has 1 aromatic rings. The highest BCUT2D eigenvalue weighted by Gasteiger charge is 2.09. The van der Waals surface area contributed by atoms with Gasteiger partial charge in [0.15, 0.2) is 0 Å². The van der Waals surface area contributed by atoms with Gasteiger partial charge < -0.3 is 15.7 Å². The Hall–Kier alpha value is -0.430. The van der Waals surface area contributed by atoms with E-state index in [1.807, 2.05) is 12.1 Å². The van der Waals surface area contributed by atoms with Crippen molar-refractivity contribution in [3.8, 4) is 0 Å². The third-order valence-corrected chi connectivity index (χ3v) is 3.35. The number of carbonyl (C=O) groups excluding carboxylic acids is 1. The second kappa shape index (κ2) is 7.89. The quantitative estimate of drug-likeness (QED) is 0.661. The molecule has 0 fully saturated rings. The highest BCUT2D eigenvalue weighted by Crippen LogP contribution is 2.21. The summed E-state index contributed by atoms with van der Waals surface area (Å²) < 4.78 is 1.68. The Morgan fingerprint density at radius 2 is 2.11 bits per heavy atom. The first-order valence-corrected chi connectivity index (χ1v) is 7.21. The van der Waals surface area contributed by atoms with Crippen LogP contribution in [0.15, 0.2) is 27.1 Å². The van der Waals surface area contributed by atoms with Gasteiger partial charge in [-0.25, -0.2) is 0 Å². The lowest BCUT2D eigenvalue weighted by Crippen LogP contribution is -2.34. The summed E-state index contributed by atoms with van der Waals surface area (Å²) >= 11 is 6.69. The molecule has 1 amide bonds. The maximum atomic E-state index is 11.8. The van der Waals surface area contributed by atoms with E-state index in [1.165, 1.54) is 0 Å². The van der Waals surface area contributed by atoms with Crippen molar-refractivity contribution < 1.29 is 9.90 Å². The van der Waals surface area contributed by atoms with Gasteiger partial charge in [0.2, 0.25) is 0 Å².